The van der Waals surface area contributed by atoms with E-state index in [1.165, 1.54) is 0 Å². The average Bonchev–Trinajstić information content (AvgIpc) is 3.28. The van der Waals surface area contributed by atoms with Crippen molar-refractivity contribution in [3.05, 3.63) is 67.2 Å². The van der Waals surface area contributed by atoms with Gasteiger partial charge >= 0.3 is 0 Å². The molecule has 1 aliphatic heterocycles. The number of hydrogen-bond acceptors (Lipinski definition) is 4. The number of benzene rings is 2. The lowest BCUT2D eigenvalue weighted by Gasteiger charge is -2.04. The van der Waals surface area contributed by atoms with Gasteiger partial charge < -0.3 is 13.9 Å². The third-order valence-corrected chi connectivity index (χ3v) is 4.25. The summed E-state index contributed by atoms with van der Waals surface area (Å²) in [6.07, 6.45) is 5.39. The van der Waals surface area contributed by atoms with Gasteiger partial charge in [0, 0.05) is 28.9 Å². The fourth-order valence-corrected chi connectivity index (χ4v) is 3.03. The highest BCUT2D eigenvalue weighted by atomic mass is 16.7. The minimum Gasteiger partial charge on any atom is -0.464 e. The van der Waals surface area contributed by atoms with Crippen molar-refractivity contribution < 1.29 is 13.9 Å². The Morgan fingerprint density at radius 3 is 2.62 bits per heavy atom. The zero-order chi connectivity index (χ0) is 15.9. The van der Waals surface area contributed by atoms with Gasteiger partial charge in [-0.2, -0.15) is 0 Å². The fourth-order valence-electron chi connectivity index (χ4n) is 3.03. The molecule has 5 rings (SSSR count). The highest BCUT2D eigenvalue weighted by Crippen LogP contribution is 2.38. The van der Waals surface area contributed by atoms with Crippen LogP contribution >= 0.6 is 0 Å². The summed E-state index contributed by atoms with van der Waals surface area (Å²) in [6.45, 7) is 0.282. The van der Waals surface area contributed by atoms with Gasteiger partial charge in [-0.25, -0.2) is 0 Å². The second kappa shape index (κ2) is 5.13. The van der Waals surface area contributed by atoms with Gasteiger partial charge in [-0.05, 0) is 41.5 Å². The van der Waals surface area contributed by atoms with Gasteiger partial charge in [-0.15, -0.1) is 0 Å². The van der Waals surface area contributed by atoms with Gasteiger partial charge in [0.05, 0.1) is 6.26 Å². The van der Waals surface area contributed by atoms with E-state index in [1.807, 2.05) is 42.6 Å². The molecule has 0 radical (unpaired) electrons. The van der Waals surface area contributed by atoms with E-state index in [1.54, 1.807) is 12.5 Å². The molecule has 0 saturated carbocycles. The van der Waals surface area contributed by atoms with Crippen molar-refractivity contribution >= 4 is 11.0 Å². The maximum absolute atomic E-state index is 5.77. The molecule has 116 valence electrons. The van der Waals surface area contributed by atoms with Crippen molar-refractivity contribution in [2.45, 2.75) is 0 Å². The van der Waals surface area contributed by atoms with Crippen LogP contribution in [0.25, 0.3) is 33.2 Å². The quantitative estimate of drug-likeness (QED) is 0.528. The molecule has 3 heterocycles. The second-order valence-corrected chi connectivity index (χ2v) is 5.67. The zero-order valence-corrected chi connectivity index (χ0v) is 12.7. The Hall–Kier alpha value is -3.27. The molecule has 0 N–H and O–H groups in total. The standard InChI is InChI=1S/C20H13NO3/c1-2-15(10-21-7-1)17-11-22-19-8-13(3-5-16(17)19)14-4-6-18-20(9-14)24-12-23-18/h1-11H,12H2. The van der Waals surface area contributed by atoms with Crippen molar-refractivity contribution in [1.82, 2.24) is 4.98 Å². The Balaban J connectivity index is 1.60. The first-order chi connectivity index (χ1) is 11.9. The third-order valence-electron chi connectivity index (χ3n) is 4.25. The summed E-state index contributed by atoms with van der Waals surface area (Å²) in [5.74, 6) is 1.57. The minimum absolute atomic E-state index is 0.282. The molecule has 2 aromatic carbocycles. The van der Waals surface area contributed by atoms with Crippen LogP contribution in [0.2, 0.25) is 0 Å². The van der Waals surface area contributed by atoms with E-state index in [4.69, 9.17) is 13.9 Å². The number of hydrogen-bond donors (Lipinski definition) is 0. The summed E-state index contributed by atoms with van der Waals surface area (Å²) in [7, 11) is 0. The van der Waals surface area contributed by atoms with Crippen LogP contribution < -0.4 is 9.47 Å². The maximum atomic E-state index is 5.77. The summed E-state index contributed by atoms with van der Waals surface area (Å²) in [5, 5.41) is 1.08. The molecule has 24 heavy (non-hydrogen) atoms. The van der Waals surface area contributed by atoms with E-state index in [0.717, 1.165) is 44.7 Å². The van der Waals surface area contributed by atoms with Crippen LogP contribution in [-0.2, 0) is 0 Å². The van der Waals surface area contributed by atoms with Crippen LogP contribution in [0, 0.1) is 0 Å². The van der Waals surface area contributed by atoms with Crippen LogP contribution in [0.4, 0.5) is 0 Å². The number of rotatable bonds is 2. The van der Waals surface area contributed by atoms with E-state index >= 15 is 0 Å². The molecule has 0 spiro atoms. The number of nitrogens with zero attached hydrogens (tertiary/aromatic N) is 1. The Morgan fingerprint density at radius 2 is 1.71 bits per heavy atom. The number of aromatic nitrogens is 1. The van der Waals surface area contributed by atoms with Crippen molar-refractivity contribution in [3.63, 3.8) is 0 Å². The summed E-state index contributed by atoms with van der Waals surface area (Å²) < 4.78 is 16.6. The first-order valence-electron chi connectivity index (χ1n) is 7.70. The van der Waals surface area contributed by atoms with Crippen LogP contribution in [-0.4, -0.2) is 11.8 Å². The molecule has 0 fully saturated rings. The number of fused-ring (bicyclic) bond motifs is 2. The third kappa shape index (κ3) is 2.04. The highest BCUT2D eigenvalue weighted by molar-refractivity contribution is 5.95. The molecule has 0 aliphatic carbocycles. The largest absolute Gasteiger partial charge is 0.464 e. The lowest BCUT2D eigenvalue weighted by atomic mass is 10.0. The van der Waals surface area contributed by atoms with Gasteiger partial charge in [0.25, 0.3) is 0 Å². The number of pyridine rings is 1. The van der Waals surface area contributed by atoms with Gasteiger partial charge in [-0.1, -0.05) is 18.2 Å². The first-order valence-corrected chi connectivity index (χ1v) is 7.70. The molecule has 0 unspecified atom stereocenters. The average molecular weight is 315 g/mol. The summed E-state index contributed by atoms with van der Waals surface area (Å²) in [5.41, 5.74) is 5.10. The van der Waals surface area contributed by atoms with E-state index < -0.39 is 0 Å². The Kier molecular flexibility index (Phi) is 2.82. The van der Waals surface area contributed by atoms with E-state index in [-0.39, 0.29) is 6.79 Å². The normalized spacial score (nSPS) is 12.7. The van der Waals surface area contributed by atoms with E-state index in [0.29, 0.717) is 0 Å². The molecular formula is C20H13NO3. The van der Waals surface area contributed by atoms with Gasteiger partial charge in [0.2, 0.25) is 6.79 Å². The summed E-state index contributed by atoms with van der Waals surface area (Å²) in [4.78, 5) is 4.18. The first kappa shape index (κ1) is 13.2. The molecule has 0 amide bonds. The van der Waals surface area contributed by atoms with E-state index in [2.05, 4.69) is 17.1 Å². The van der Waals surface area contributed by atoms with Gasteiger partial charge in [-0.3, -0.25) is 4.98 Å². The maximum Gasteiger partial charge on any atom is 0.231 e. The van der Waals surface area contributed by atoms with E-state index in [9.17, 15) is 0 Å². The molecule has 4 nitrogen and oxygen atoms in total. The Labute approximate surface area is 138 Å². The van der Waals surface area contributed by atoms with Crippen LogP contribution in [0.3, 0.4) is 0 Å². The van der Waals surface area contributed by atoms with Gasteiger partial charge in [0.15, 0.2) is 11.5 Å². The molecule has 1 aliphatic rings. The highest BCUT2D eigenvalue weighted by Gasteiger charge is 2.15. The monoisotopic (exact) mass is 315 g/mol. The predicted octanol–water partition coefficient (Wildman–Crippen LogP) is 4.89. The molecule has 4 heteroatoms. The zero-order valence-electron chi connectivity index (χ0n) is 12.7. The Morgan fingerprint density at radius 1 is 0.833 bits per heavy atom. The SMILES string of the molecule is c1cncc(-c2coc3cc(-c4ccc5c(c4)OCO5)ccc23)c1. The summed E-state index contributed by atoms with van der Waals surface area (Å²) in [6, 6.07) is 16.1. The smallest absolute Gasteiger partial charge is 0.231 e. The lowest BCUT2D eigenvalue weighted by molar-refractivity contribution is 0.174. The molecule has 4 aromatic rings. The number of furan rings is 1. The van der Waals surface area contributed by atoms with Crippen molar-refractivity contribution in [3.8, 4) is 33.8 Å². The van der Waals surface area contributed by atoms with Crippen LogP contribution in [0.15, 0.2) is 71.6 Å². The summed E-state index contributed by atoms with van der Waals surface area (Å²) >= 11 is 0. The van der Waals surface area contributed by atoms with Crippen molar-refractivity contribution in [2.24, 2.45) is 0 Å². The minimum atomic E-state index is 0.282. The van der Waals surface area contributed by atoms with Crippen LogP contribution in [0.1, 0.15) is 0 Å². The lowest BCUT2D eigenvalue weighted by Crippen LogP contribution is -1.92. The fraction of sp³-hybridized carbons (Fsp3) is 0.0500. The van der Waals surface area contributed by atoms with Crippen LogP contribution in [0.5, 0.6) is 11.5 Å². The van der Waals surface area contributed by atoms with Crippen molar-refractivity contribution in [1.29, 1.82) is 0 Å². The molecule has 2 aromatic heterocycles. The molecule has 0 atom stereocenters. The predicted molar refractivity (Wildman–Crippen MR) is 91.0 cm³/mol. The second-order valence-electron chi connectivity index (χ2n) is 5.67. The van der Waals surface area contributed by atoms with Gasteiger partial charge in [0.1, 0.15) is 5.58 Å². The topological polar surface area (TPSA) is 44.5 Å². The molecule has 0 saturated heterocycles. The Bertz CT molecular complexity index is 1040. The molecule has 0 bridgehead atoms. The molecular weight excluding hydrogens is 302 g/mol. The van der Waals surface area contributed by atoms with Crippen molar-refractivity contribution in [2.75, 3.05) is 6.79 Å². The number of ether oxygens (including phenoxy) is 2.